The van der Waals surface area contributed by atoms with Crippen molar-refractivity contribution in [3.8, 4) is 22.6 Å². The largest absolute Gasteiger partial charge is 0.497 e. The van der Waals surface area contributed by atoms with Gasteiger partial charge in [0.1, 0.15) is 11.5 Å². The molecule has 0 bridgehead atoms. The Hall–Kier alpha value is -4.85. The van der Waals surface area contributed by atoms with E-state index in [1.165, 1.54) is 14.2 Å². The van der Waals surface area contributed by atoms with Crippen LogP contribution in [0.25, 0.3) is 16.7 Å². The number of amides is 1. The maximum Gasteiger partial charge on any atom is 0.256 e. The lowest BCUT2D eigenvalue weighted by atomic mass is 9.84. The van der Waals surface area contributed by atoms with Crippen molar-refractivity contribution < 1.29 is 33.3 Å². The lowest BCUT2D eigenvalue weighted by Crippen LogP contribution is -2.24. The Kier molecular flexibility index (Phi) is 7.85. The highest BCUT2D eigenvalue weighted by atomic mass is 16.5. The first-order chi connectivity index (χ1) is 18.7. The van der Waals surface area contributed by atoms with Gasteiger partial charge in [0, 0.05) is 22.4 Å². The third-order valence-corrected chi connectivity index (χ3v) is 6.54. The molecule has 0 fully saturated rings. The molecule has 0 aromatic heterocycles. The Bertz CT molecular complexity index is 1530. The van der Waals surface area contributed by atoms with Crippen LogP contribution in [-0.2, 0) is 19.1 Å². The van der Waals surface area contributed by atoms with Crippen molar-refractivity contribution in [3.63, 3.8) is 0 Å². The van der Waals surface area contributed by atoms with E-state index in [1.54, 1.807) is 57.5 Å². The van der Waals surface area contributed by atoms with Crippen molar-refractivity contribution in [3.05, 3.63) is 94.4 Å². The summed E-state index contributed by atoms with van der Waals surface area (Å²) in [5.74, 6) is -0.387. The molecule has 1 N–H and O–H groups in total. The minimum Gasteiger partial charge on any atom is -0.497 e. The molecule has 4 rings (SSSR count). The van der Waals surface area contributed by atoms with Gasteiger partial charge in [-0.1, -0.05) is 18.2 Å². The number of Topliss-reactive ketones (excluding diaryl/α,β-unsaturated/α-hetero) is 2. The summed E-state index contributed by atoms with van der Waals surface area (Å²) in [6.45, 7) is 3.41. The maximum absolute atomic E-state index is 13.8. The van der Waals surface area contributed by atoms with Crippen molar-refractivity contribution >= 4 is 28.7 Å². The van der Waals surface area contributed by atoms with E-state index in [0.29, 0.717) is 33.9 Å². The zero-order valence-corrected chi connectivity index (χ0v) is 22.6. The second-order valence-electron chi connectivity index (χ2n) is 8.86. The average Bonchev–Trinajstić information content (AvgIpc) is 2.95. The van der Waals surface area contributed by atoms with E-state index in [2.05, 4.69) is 5.32 Å². The van der Waals surface area contributed by atoms with Crippen molar-refractivity contribution in [2.45, 2.75) is 13.8 Å². The maximum atomic E-state index is 13.8. The molecule has 0 heterocycles. The van der Waals surface area contributed by atoms with Crippen molar-refractivity contribution in [2.24, 2.45) is 0 Å². The van der Waals surface area contributed by atoms with Crippen LogP contribution in [0, 0.1) is 6.92 Å². The number of anilines is 1. The van der Waals surface area contributed by atoms with Gasteiger partial charge in [-0.2, -0.15) is 0 Å². The van der Waals surface area contributed by atoms with E-state index in [-0.39, 0.29) is 22.7 Å². The molecule has 0 saturated carbocycles. The van der Waals surface area contributed by atoms with Gasteiger partial charge in [0.2, 0.25) is 23.1 Å². The van der Waals surface area contributed by atoms with Crippen LogP contribution in [0.5, 0.6) is 11.5 Å². The average molecular weight is 528 g/mol. The molecule has 0 aliphatic heterocycles. The number of hydrogen-bond acceptors (Lipinski definition) is 7. The van der Waals surface area contributed by atoms with Crippen LogP contribution in [0.15, 0.2) is 77.8 Å². The van der Waals surface area contributed by atoms with Crippen LogP contribution in [-0.4, -0.2) is 45.9 Å². The summed E-state index contributed by atoms with van der Waals surface area (Å²) >= 11 is 0. The van der Waals surface area contributed by atoms with Gasteiger partial charge in [-0.25, -0.2) is 0 Å². The summed E-state index contributed by atoms with van der Waals surface area (Å²) in [6.07, 6.45) is 0. The molecule has 3 aromatic carbocycles. The quantitative estimate of drug-likeness (QED) is 0.394. The first-order valence-electron chi connectivity index (χ1n) is 12.1. The molecule has 0 saturated heterocycles. The number of ketones is 2. The molecule has 200 valence electrons. The fraction of sp³-hybridized carbons (Fsp3) is 0.194. The third-order valence-electron chi connectivity index (χ3n) is 6.54. The fourth-order valence-electron chi connectivity index (χ4n) is 4.64. The van der Waals surface area contributed by atoms with Gasteiger partial charge in [-0.15, -0.1) is 0 Å². The number of allylic oxidation sites excluding steroid dienone is 2. The van der Waals surface area contributed by atoms with Crippen LogP contribution >= 0.6 is 0 Å². The monoisotopic (exact) mass is 527 g/mol. The molecular weight excluding hydrogens is 498 g/mol. The second kappa shape index (κ2) is 11.3. The van der Waals surface area contributed by atoms with Crippen LogP contribution in [0.2, 0.25) is 0 Å². The van der Waals surface area contributed by atoms with Crippen LogP contribution < -0.4 is 14.8 Å². The zero-order valence-electron chi connectivity index (χ0n) is 22.6. The number of methoxy groups -OCH3 is 4. The Morgan fingerprint density at radius 1 is 0.692 bits per heavy atom. The molecule has 1 amide bonds. The van der Waals surface area contributed by atoms with Crippen molar-refractivity contribution in [1.29, 1.82) is 0 Å². The Balaban J connectivity index is 1.90. The minimum atomic E-state index is -0.499. The smallest absolute Gasteiger partial charge is 0.256 e. The highest BCUT2D eigenvalue weighted by Crippen LogP contribution is 2.37. The SMILES string of the molecule is COC1=C(OC)C(=O)C(c2cc(C)c(-c3cccc(OC)c3)c(C(=O)Nc3ccc(OC)cc3)c2)=C(C)C1=O. The van der Waals surface area contributed by atoms with Crippen LogP contribution in [0.1, 0.15) is 28.4 Å². The summed E-state index contributed by atoms with van der Waals surface area (Å²) < 4.78 is 21.0. The molecule has 0 unspecified atom stereocenters. The van der Waals surface area contributed by atoms with Gasteiger partial charge in [-0.3, -0.25) is 14.4 Å². The number of benzene rings is 3. The van der Waals surface area contributed by atoms with E-state index in [9.17, 15) is 14.4 Å². The van der Waals surface area contributed by atoms with E-state index in [0.717, 1.165) is 11.1 Å². The molecular formula is C31H29NO7. The first-order valence-corrected chi connectivity index (χ1v) is 12.1. The zero-order chi connectivity index (χ0) is 28.3. The molecule has 1 aliphatic rings. The summed E-state index contributed by atoms with van der Waals surface area (Å²) in [5, 5.41) is 2.93. The molecule has 8 nitrogen and oxygen atoms in total. The van der Waals surface area contributed by atoms with Crippen LogP contribution in [0.3, 0.4) is 0 Å². The Morgan fingerprint density at radius 2 is 1.33 bits per heavy atom. The standard InChI is InChI=1S/C31H29NO7/c1-17-14-20(26-18(2)27(33)29(38-5)30(39-6)28(26)34)16-24(25(17)19-8-7-9-23(15-19)37-4)31(35)32-21-10-12-22(36-3)13-11-21/h7-16H,1-6H3,(H,32,35). The van der Waals surface area contributed by atoms with Crippen molar-refractivity contribution in [1.82, 2.24) is 0 Å². The number of carbonyl (C=O) groups is 3. The van der Waals surface area contributed by atoms with Gasteiger partial charge in [0.25, 0.3) is 5.91 Å². The first kappa shape index (κ1) is 27.2. The van der Waals surface area contributed by atoms with Gasteiger partial charge in [0.05, 0.1) is 28.4 Å². The van der Waals surface area contributed by atoms with Gasteiger partial charge in [0.15, 0.2) is 0 Å². The summed E-state index contributed by atoms with van der Waals surface area (Å²) in [7, 11) is 5.76. The van der Waals surface area contributed by atoms with Crippen molar-refractivity contribution in [2.75, 3.05) is 33.8 Å². The van der Waals surface area contributed by atoms with E-state index in [1.807, 2.05) is 31.2 Å². The molecule has 3 aromatic rings. The number of nitrogens with one attached hydrogen (secondary N) is 1. The van der Waals surface area contributed by atoms with Gasteiger partial charge >= 0.3 is 0 Å². The van der Waals surface area contributed by atoms with E-state index in [4.69, 9.17) is 18.9 Å². The number of aryl methyl sites for hydroxylation is 1. The van der Waals surface area contributed by atoms with E-state index >= 15 is 0 Å². The predicted octanol–water partition coefficient (Wildman–Crippen LogP) is 5.36. The molecule has 0 spiro atoms. The molecule has 8 heteroatoms. The third kappa shape index (κ3) is 5.13. The van der Waals surface area contributed by atoms with E-state index < -0.39 is 17.5 Å². The predicted molar refractivity (Wildman–Crippen MR) is 148 cm³/mol. The topological polar surface area (TPSA) is 100 Å². The molecule has 0 radical (unpaired) electrons. The highest BCUT2D eigenvalue weighted by Gasteiger charge is 2.36. The molecule has 1 aliphatic carbocycles. The molecule has 39 heavy (non-hydrogen) atoms. The van der Waals surface area contributed by atoms with Crippen LogP contribution in [0.4, 0.5) is 5.69 Å². The number of rotatable bonds is 8. The lowest BCUT2D eigenvalue weighted by molar-refractivity contribution is -0.119. The highest BCUT2D eigenvalue weighted by molar-refractivity contribution is 6.38. The lowest BCUT2D eigenvalue weighted by Gasteiger charge is -2.22. The number of hydrogen-bond donors (Lipinski definition) is 1. The Labute approximate surface area is 226 Å². The second-order valence-corrected chi connectivity index (χ2v) is 8.86. The summed E-state index contributed by atoms with van der Waals surface area (Å²) in [5.41, 5.74) is 3.79. The van der Waals surface area contributed by atoms with Gasteiger partial charge in [-0.05, 0) is 78.6 Å². The summed E-state index contributed by atoms with van der Waals surface area (Å²) in [4.78, 5) is 40.3. The summed E-state index contributed by atoms with van der Waals surface area (Å²) in [6, 6.07) is 17.7. The Morgan fingerprint density at radius 3 is 1.95 bits per heavy atom. The normalized spacial score (nSPS) is 13.4. The fourth-order valence-corrected chi connectivity index (χ4v) is 4.64. The molecule has 0 atom stereocenters. The number of ether oxygens (including phenoxy) is 4. The minimum absolute atomic E-state index is 0.147. The number of carbonyl (C=O) groups excluding carboxylic acids is 3. The van der Waals surface area contributed by atoms with Gasteiger partial charge < -0.3 is 24.3 Å².